The Morgan fingerprint density at radius 3 is 2.60 bits per heavy atom. The molecule has 3 rings (SSSR count). The fraction of sp³-hybridized carbons (Fsp3) is 0.190. The molecule has 0 saturated heterocycles. The second-order valence-corrected chi connectivity index (χ2v) is 9.94. The van der Waals surface area contributed by atoms with Gasteiger partial charge in [0, 0.05) is 28.0 Å². The van der Waals surface area contributed by atoms with Gasteiger partial charge in [0.1, 0.15) is 15.9 Å². The van der Waals surface area contributed by atoms with E-state index in [1.54, 1.807) is 54.7 Å². The van der Waals surface area contributed by atoms with Crippen LogP contribution < -0.4 is 10.6 Å². The van der Waals surface area contributed by atoms with Crippen LogP contribution in [0.25, 0.3) is 10.9 Å². The number of benzene rings is 2. The summed E-state index contributed by atoms with van der Waals surface area (Å²) in [5.41, 5.74) is 1.66. The summed E-state index contributed by atoms with van der Waals surface area (Å²) >= 11 is 3.31. The molecule has 2 N–H and O–H groups in total. The summed E-state index contributed by atoms with van der Waals surface area (Å²) in [5.74, 6) is -1.20. The third-order valence-electron chi connectivity index (χ3n) is 4.39. The number of pyridine rings is 1. The number of halogens is 1. The molecule has 0 radical (unpaired) electrons. The summed E-state index contributed by atoms with van der Waals surface area (Å²) in [6.07, 6.45) is 2.73. The fourth-order valence-corrected chi connectivity index (χ4v) is 3.99. The topological polar surface area (TPSA) is 105 Å². The predicted molar refractivity (Wildman–Crippen MR) is 120 cm³/mol. The number of carbonyl (C=O) groups excluding carboxylic acids is 2. The maximum Gasteiger partial charge on any atom is 0.253 e. The van der Waals surface area contributed by atoms with Crippen LogP contribution in [0.3, 0.4) is 0 Å². The summed E-state index contributed by atoms with van der Waals surface area (Å²) in [4.78, 5) is 29.8. The molecule has 156 valence electrons. The molecule has 0 aliphatic rings. The highest BCUT2D eigenvalue weighted by Gasteiger charge is 2.24. The standard InChI is InChI=1S/C21H20BrN3O4S/c1-30(28,29)12-10-19(25-20(26)16-6-2-3-7-17(16)22)21(27)24-15-8-9-18-14(13-15)5-4-11-23-18/h2-9,11,13,19H,10,12H2,1H3,(H,24,27)(H,25,26). The Hall–Kier alpha value is -2.78. The minimum Gasteiger partial charge on any atom is -0.340 e. The Labute approximate surface area is 182 Å². The molecule has 30 heavy (non-hydrogen) atoms. The van der Waals surface area contributed by atoms with E-state index in [9.17, 15) is 18.0 Å². The van der Waals surface area contributed by atoms with Gasteiger partial charge in [0.2, 0.25) is 5.91 Å². The summed E-state index contributed by atoms with van der Waals surface area (Å²) < 4.78 is 23.8. The van der Waals surface area contributed by atoms with Crippen molar-refractivity contribution in [1.29, 1.82) is 0 Å². The van der Waals surface area contributed by atoms with E-state index >= 15 is 0 Å². The van der Waals surface area contributed by atoms with Crippen molar-refractivity contribution in [3.8, 4) is 0 Å². The number of sulfone groups is 1. The Morgan fingerprint density at radius 2 is 1.87 bits per heavy atom. The van der Waals surface area contributed by atoms with Crippen molar-refractivity contribution < 1.29 is 18.0 Å². The third kappa shape index (κ3) is 5.87. The first-order valence-electron chi connectivity index (χ1n) is 9.12. The monoisotopic (exact) mass is 489 g/mol. The van der Waals surface area contributed by atoms with Crippen molar-refractivity contribution in [3.63, 3.8) is 0 Å². The van der Waals surface area contributed by atoms with Crippen molar-refractivity contribution in [1.82, 2.24) is 10.3 Å². The van der Waals surface area contributed by atoms with E-state index in [1.165, 1.54) is 0 Å². The first-order chi connectivity index (χ1) is 14.2. The number of hydrogen-bond acceptors (Lipinski definition) is 5. The van der Waals surface area contributed by atoms with Crippen LogP contribution in [0.4, 0.5) is 5.69 Å². The van der Waals surface area contributed by atoms with Crippen LogP contribution >= 0.6 is 15.9 Å². The summed E-state index contributed by atoms with van der Waals surface area (Å²) in [6, 6.07) is 14.7. The van der Waals surface area contributed by atoms with Crippen LogP contribution in [-0.2, 0) is 14.6 Å². The van der Waals surface area contributed by atoms with Gasteiger partial charge in [0.25, 0.3) is 5.91 Å². The van der Waals surface area contributed by atoms with Gasteiger partial charge >= 0.3 is 0 Å². The van der Waals surface area contributed by atoms with E-state index < -0.39 is 27.7 Å². The molecule has 1 aromatic heterocycles. The third-order valence-corrected chi connectivity index (χ3v) is 6.06. The van der Waals surface area contributed by atoms with Crippen LogP contribution in [-0.4, -0.2) is 43.3 Å². The van der Waals surface area contributed by atoms with Crippen molar-refractivity contribution in [2.45, 2.75) is 12.5 Å². The van der Waals surface area contributed by atoms with Crippen molar-refractivity contribution in [3.05, 3.63) is 70.8 Å². The van der Waals surface area contributed by atoms with E-state index in [2.05, 4.69) is 31.5 Å². The summed E-state index contributed by atoms with van der Waals surface area (Å²) in [6.45, 7) is 0. The van der Waals surface area contributed by atoms with Gasteiger partial charge in [0.15, 0.2) is 0 Å². The number of nitrogens with zero attached hydrogens (tertiary/aromatic N) is 1. The second kappa shape index (κ2) is 9.36. The molecule has 2 aromatic carbocycles. The number of nitrogens with one attached hydrogen (secondary N) is 2. The molecule has 7 nitrogen and oxygen atoms in total. The first kappa shape index (κ1) is 21.9. The van der Waals surface area contributed by atoms with Gasteiger partial charge in [-0.3, -0.25) is 14.6 Å². The lowest BCUT2D eigenvalue weighted by molar-refractivity contribution is -0.118. The van der Waals surface area contributed by atoms with Gasteiger partial charge < -0.3 is 10.6 Å². The minimum absolute atomic E-state index is 0.0456. The first-order valence-corrected chi connectivity index (χ1v) is 12.0. The average molecular weight is 490 g/mol. The maximum absolute atomic E-state index is 12.9. The van der Waals surface area contributed by atoms with E-state index in [0.717, 1.165) is 17.2 Å². The molecule has 0 aliphatic carbocycles. The Morgan fingerprint density at radius 1 is 1.10 bits per heavy atom. The van der Waals surface area contributed by atoms with Crippen LogP contribution in [0, 0.1) is 0 Å². The predicted octanol–water partition coefficient (Wildman–Crippen LogP) is 3.17. The number of carbonyl (C=O) groups is 2. The molecule has 0 aliphatic heterocycles. The number of amides is 2. The lowest BCUT2D eigenvalue weighted by Gasteiger charge is -2.19. The SMILES string of the molecule is CS(=O)(=O)CCC(NC(=O)c1ccccc1Br)C(=O)Nc1ccc2ncccc2c1. The number of rotatable bonds is 7. The highest BCUT2D eigenvalue weighted by molar-refractivity contribution is 9.10. The lowest BCUT2D eigenvalue weighted by atomic mass is 10.1. The van der Waals surface area contributed by atoms with Gasteiger partial charge in [-0.2, -0.15) is 0 Å². The molecule has 0 spiro atoms. The molecule has 0 saturated carbocycles. The van der Waals surface area contributed by atoms with Crippen molar-refractivity contribution in [2.24, 2.45) is 0 Å². The van der Waals surface area contributed by atoms with Crippen LogP contribution in [0.1, 0.15) is 16.8 Å². The van der Waals surface area contributed by atoms with Crippen molar-refractivity contribution in [2.75, 3.05) is 17.3 Å². The Kier molecular flexibility index (Phi) is 6.84. The quantitative estimate of drug-likeness (QED) is 0.530. The normalized spacial score (nSPS) is 12.3. The van der Waals surface area contributed by atoms with Gasteiger partial charge in [-0.05, 0) is 58.7 Å². The molecule has 1 atom stereocenters. The molecule has 1 unspecified atom stereocenters. The van der Waals surface area contributed by atoms with E-state index in [4.69, 9.17) is 0 Å². The Bertz CT molecular complexity index is 1200. The zero-order valence-corrected chi connectivity index (χ0v) is 18.5. The largest absolute Gasteiger partial charge is 0.340 e. The average Bonchev–Trinajstić information content (AvgIpc) is 2.70. The Balaban J connectivity index is 1.80. The highest BCUT2D eigenvalue weighted by Crippen LogP contribution is 2.18. The highest BCUT2D eigenvalue weighted by atomic mass is 79.9. The van der Waals surface area contributed by atoms with E-state index in [0.29, 0.717) is 15.7 Å². The number of fused-ring (bicyclic) bond motifs is 1. The summed E-state index contributed by atoms with van der Waals surface area (Å²) in [7, 11) is -3.31. The second-order valence-electron chi connectivity index (χ2n) is 6.82. The number of hydrogen-bond donors (Lipinski definition) is 2. The molecule has 9 heteroatoms. The minimum atomic E-state index is -3.31. The van der Waals surface area contributed by atoms with Gasteiger partial charge in [-0.15, -0.1) is 0 Å². The zero-order chi connectivity index (χ0) is 21.7. The molecule has 2 amide bonds. The molecule has 3 aromatic rings. The number of anilines is 1. The fourth-order valence-electron chi connectivity index (χ4n) is 2.86. The van der Waals surface area contributed by atoms with Crippen LogP contribution in [0.2, 0.25) is 0 Å². The van der Waals surface area contributed by atoms with Crippen molar-refractivity contribution >= 4 is 54.2 Å². The summed E-state index contributed by atoms with van der Waals surface area (Å²) in [5, 5.41) is 6.25. The zero-order valence-electron chi connectivity index (χ0n) is 16.1. The maximum atomic E-state index is 12.9. The van der Waals surface area contributed by atoms with Gasteiger partial charge in [-0.1, -0.05) is 18.2 Å². The van der Waals surface area contributed by atoms with E-state index in [-0.39, 0.29) is 12.2 Å². The molecule has 0 bridgehead atoms. The molecule has 1 heterocycles. The molecule has 0 fully saturated rings. The van der Waals surface area contributed by atoms with Gasteiger partial charge in [-0.25, -0.2) is 8.42 Å². The molecular formula is C21H20BrN3O4S. The van der Waals surface area contributed by atoms with Crippen LogP contribution in [0.5, 0.6) is 0 Å². The van der Waals surface area contributed by atoms with Gasteiger partial charge in [0.05, 0.1) is 16.8 Å². The lowest BCUT2D eigenvalue weighted by Crippen LogP contribution is -2.44. The van der Waals surface area contributed by atoms with E-state index in [1.807, 2.05) is 6.07 Å². The number of aromatic nitrogens is 1. The van der Waals surface area contributed by atoms with Crippen LogP contribution in [0.15, 0.2) is 65.3 Å². The molecular weight excluding hydrogens is 470 g/mol. The smallest absolute Gasteiger partial charge is 0.253 e.